The highest BCUT2D eigenvalue weighted by molar-refractivity contribution is 9.10. The molecule has 13 heteroatoms. The highest BCUT2D eigenvalue weighted by Crippen LogP contribution is 2.30. The van der Waals surface area contributed by atoms with Gasteiger partial charge < -0.3 is 4.74 Å². The number of hydrazone groups is 1. The fourth-order valence-corrected chi connectivity index (χ4v) is 1.53. The first kappa shape index (κ1) is 20.1. The maximum absolute atomic E-state index is 13.1. The van der Waals surface area contributed by atoms with Crippen molar-refractivity contribution in [2.24, 2.45) is 5.10 Å². The molecule has 0 saturated heterocycles. The van der Waals surface area contributed by atoms with Gasteiger partial charge in [-0.3, -0.25) is 25.7 Å². The molecule has 0 aliphatic carbocycles. The Morgan fingerprint density at radius 2 is 2.08 bits per heavy atom. The number of nitro benzene ring substituents is 2. The highest BCUT2D eigenvalue weighted by Gasteiger charge is 2.38. The second kappa shape index (κ2) is 8.26. The van der Waals surface area contributed by atoms with Gasteiger partial charge in [-0.2, -0.15) is 13.9 Å². The summed E-state index contributed by atoms with van der Waals surface area (Å²) in [7, 11) is 0. The van der Waals surface area contributed by atoms with Gasteiger partial charge in [0, 0.05) is 6.07 Å². The summed E-state index contributed by atoms with van der Waals surface area (Å²) in [6.07, 6.45) is -3.64. The molecule has 0 aromatic heterocycles. The number of nitrogens with one attached hydrogen (secondary N) is 1. The van der Waals surface area contributed by atoms with Gasteiger partial charge in [0.15, 0.2) is 4.29 Å². The minimum Gasteiger partial charge on any atom is -0.312 e. The van der Waals surface area contributed by atoms with Crippen LogP contribution in [0.25, 0.3) is 0 Å². The number of hydrogen-bond acceptors (Lipinski definition) is 7. The molecule has 1 N–H and O–H groups in total. The number of anilines is 1. The van der Waals surface area contributed by atoms with Gasteiger partial charge in [-0.25, -0.2) is 0 Å². The van der Waals surface area contributed by atoms with Crippen LogP contribution >= 0.6 is 27.5 Å². The van der Waals surface area contributed by atoms with Crippen LogP contribution < -0.4 is 5.43 Å². The zero-order valence-electron chi connectivity index (χ0n) is 11.9. The largest absolute Gasteiger partial charge is 0.382 e. The summed E-state index contributed by atoms with van der Waals surface area (Å²) in [4.78, 5) is 19.9. The Hall–Kier alpha value is -1.92. The molecule has 0 radical (unpaired) electrons. The molecule has 1 rings (SSSR count). The molecule has 0 amide bonds. The fourth-order valence-electron chi connectivity index (χ4n) is 1.33. The van der Waals surface area contributed by atoms with E-state index in [4.69, 9.17) is 11.6 Å². The third-order valence-electron chi connectivity index (χ3n) is 2.48. The summed E-state index contributed by atoms with van der Waals surface area (Å²) in [6, 6.07) is 2.87. The minimum absolute atomic E-state index is 0.0344. The summed E-state index contributed by atoms with van der Waals surface area (Å²) in [5, 5.41) is 25.2. The van der Waals surface area contributed by atoms with E-state index in [9.17, 15) is 29.0 Å². The lowest BCUT2D eigenvalue weighted by molar-refractivity contribution is -0.393. The molecule has 132 valence electrons. The number of nitrogens with zero attached hydrogens (tertiary/aromatic N) is 3. The van der Waals surface area contributed by atoms with Crippen LogP contribution in [0.3, 0.4) is 0 Å². The number of halogens is 4. The van der Waals surface area contributed by atoms with Gasteiger partial charge in [-0.05, 0) is 13.0 Å². The number of nitro groups is 2. The average Bonchev–Trinajstić information content (AvgIpc) is 2.50. The van der Waals surface area contributed by atoms with Crippen LogP contribution in [0.15, 0.2) is 23.3 Å². The normalized spacial score (nSPS) is 13.5. The van der Waals surface area contributed by atoms with Crippen molar-refractivity contribution in [1.29, 1.82) is 0 Å². The molecular formula is C11H10BrClF2N4O5. The molecule has 1 unspecified atom stereocenters. The monoisotopic (exact) mass is 430 g/mol. The predicted octanol–water partition coefficient (Wildman–Crippen LogP) is 3.86. The van der Waals surface area contributed by atoms with Crippen molar-refractivity contribution in [2.45, 2.75) is 17.3 Å². The molecule has 0 aliphatic rings. The number of hydrogen-bond donors (Lipinski definition) is 1. The second-order valence-corrected chi connectivity index (χ2v) is 6.21. The van der Waals surface area contributed by atoms with E-state index >= 15 is 0 Å². The van der Waals surface area contributed by atoms with Gasteiger partial charge in [0.2, 0.25) is 0 Å². The van der Waals surface area contributed by atoms with Gasteiger partial charge >= 0.3 is 11.8 Å². The van der Waals surface area contributed by atoms with Crippen LogP contribution in [0.1, 0.15) is 6.92 Å². The third-order valence-corrected chi connectivity index (χ3v) is 3.27. The van der Waals surface area contributed by atoms with E-state index in [2.05, 4.69) is 31.2 Å². The molecule has 0 fully saturated rings. The third kappa shape index (κ3) is 5.62. The van der Waals surface area contributed by atoms with Crippen molar-refractivity contribution in [2.75, 3.05) is 12.0 Å². The number of rotatable bonds is 8. The van der Waals surface area contributed by atoms with Gasteiger partial charge in [0.25, 0.3) is 5.69 Å². The summed E-state index contributed by atoms with van der Waals surface area (Å²) in [5.41, 5.74) is 1.11. The van der Waals surface area contributed by atoms with Gasteiger partial charge in [0.1, 0.15) is 5.69 Å². The summed E-state index contributed by atoms with van der Waals surface area (Å²) in [6.45, 7) is 0.730. The van der Waals surface area contributed by atoms with Crippen molar-refractivity contribution in [3.63, 3.8) is 0 Å². The number of benzene rings is 1. The van der Waals surface area contributed by atoms with Crippen LogP contribution in [0, 0.1) is 20.2 Å². The molecule has 1 aromatic rings. The predicted molar refractivity (Wildman–Crippen MR) is 85.9 cm³/mol. The van der Waals surface area contributed by atoms with E-state index in [-0.39, 0.29) is 11.4 Å². The fraction of sp³-hybridized carbons (Fsp3) is 0.364. The Kier molecular flexibility index (Phi) is 6.93. The van der Waals surface area contributed by atoms with Crippen LogP contribution in [-0.4, -0.2) is 32.6 Å². The van der Waals surface area contributed by atoms with E-state index in [0.29, 0.717) is 0 Å². The smallest absolute Gasteiger partial charge is 0.312 e. The summed E-state index contributed by atoms with van der Waals surface area (Å²) in [5.74, 6) is 0. The van der Waals surface area contributed by atoms with E-state index in [1.54, 1.807) is 0 Å². The van der Waals surface area contributed by atoms with Crippen molar-refractivity contribution >= 4 is 50.3 Å². The van der Waals surface area contributed by atoms with E-state index < -0.39 is 38.2 Å². The zero-order chi connectivity index (χ0) is 18.5. The summed E-state index contributed by atoms with van der Waals surface area (Å²) < 4.78 is 28.8. The van der Waals surface area contributed by atoms with Gasteiger partial charge in [-0.15, -0.1) is 11.6 Å². The van der Waals surface area contributed by atoms with Crippen molar-refractivity contribution < 1.29 is 23.4 Å². The standard InChI is InChI=1S/C11H10BrClF2N4O5/c1-6(5-24-11(14,15)10(12)13)16-17-8-3-2-7(18(20)21)4-9(8)19(22)23/h2-4,10,17H,5H2,1H3. The lowest BCUT2D eigenvalue weighted by Crippen LogP contribution is -2.30. The molecule has 0 bridgehead atoms. The minimum atomic E-state index is -3.64. The first-order valence-corrected chi connectivity index (χ1v) is 7.41. The topological polar surface area (TPSA) is 120 Å². The SMILES string of the molecule is CC(COC(F)(F)C(Cl)Br)=NNc1ccc([N+](=O)[O-])cc1[N+](=O)[O-]. The molecular weight excluding hydrogens is 421 g/mol. The molecule has 1 atom stereocenters. The Balaban J connectivity index is 2.85. The zero-order valence-corrected chi connectivity index (χ0v) is 14.3. The molecule has 24 heavy (non-hydrogen) atoms. The lowest BCUT2D eigenvalue weighted by atomic mass is 10.2. The van der Waals surface area contributed by atoms with E-state index in [0.717, 1.165) is 18.2 Å². The van der Waals surface area contributed by atoms with Crippen molar-refractivity contribution in [3.8, 4) is 0 Å². The van der Waals surface area contributed by atoms with Crippen LogP contribution in [0.4, 0.5) is 25.8 Å². The molecule has 0 saturated carbocycles. The Morgan fingerprint density at radius 3 is 2.58 bits per heavy atom. The van der Waals surface area contributed by atoms with Gasteiger partial charge in [-0.1, -0.05) is 15.9 Å². The molecule has 0 aliphatic heterocycles. The van der Waals surface area contributed by atoms with Crippen LogP contribution in [-0.2, 0) is 4.74 Å². The number of non-ortho nitro benzene ring substituents is 1. The van der Waals surface area contributed by atoms with E-state index in [1.165, 1.54) is 6.92 Å². The van der Waals surface area contributed by atoms with E-state index in [1.807, 2.05) is 0 Å². The maximum Gasteiger partial charge on any atom is 0.382 e. The average molecular weight is 432 g/mol. The molecule has 1 aromatic carbocycles. The first-order valence-electron chi connectivity index (χ1n) is 6.06. The summed E-state index contributed by atoms with van der Waals surface area (Å²) >= 11 is 7.65. The molecule has 0 heterocycles. The Bertz CT molecular complexity index is 674. The first-order chi connectivity index (χ1) is 11.0. The quantitative estimate of drug-likeness (QED) is 0.289. The Morgan fingerprint density at radius 1 is 1.46 bits per heavy atom. The number of alkyl halides is 4. The number of ether oxygens (including phenoxy) is 1. The van der Waals surface area contributed by atoms with Gasteiger partial charge in [0.05, 0.1) is 28.2 Å². The van der Waals surface area contributed by atoms with Crippen LogP contribution in [0.2, 0.25) is 0 Å². The van der Waals surface area contributed by atoms with Crippen LogP contribution in [0.5, 0.6) is 0 Å². The Labute approximate surface area is 147 Å². The lowest BCUT2D eigenvalue weighted by Gasteiger charge is -2.17. The van der Waals surface area contributed by atoms with Crippen molar-refractivity contribution in [1.82, 2.24) is 0 Å². The van der Waals surface area contributed by atoms with Crippen molar-refractivity contribution in [3.05, 3.63) is 38.4 Å². The maximum atomic E-state index is 13.1. The molecule has 9 nitrogen and oxygen atoms in total. The molecule has 0 spiro atoms. The second-order valence-electron chi connectivity index (χ2n) is 4.33. The highest BCUT2D eigenvalue weighted by atomic mass is 79.9.